The fourth-order valence-electron chi connectivity index (χ4n) is 3.41. The minimum Gasteiger partial charge on any atom is -0.363 e. The van der Waals surface area contributed by atoms with Crippen LogP contribution in [0.5, 0.6) is 0 Å². The number of hydroxylamine groups is 2. The summed E-state index contributed by atoms with van der Waals surface area (Å²) in [5.74, 6) is -0.993. The summed E-state index contributed by atoms with van der Waals surface area (Å²) in [6.07, 6.45) is 4.42. The average Bonchev–Trinajstić information content (AvgIpc) is 2.49. The van der Waals surface area contributed by atoms with E-state index in [9.17, 15) is 9.59 Å². The Labute approximate surface area is 154 Å². The zero-order valence-corrected chi connectivity index (χ0v) is 16.3. The maximum Gasteiger partial charge on any atom is 0.360 e. The first kappa shape index (κ1) is 19.7. The fourth-order valence-corrected chi connectivity index (χ4v) is 3.60. The standard InChI is InChI=1S/C20H26ClNO3/c1-14(23)16(13-15-9-6-7-10-17(15)21)18(24)25-22-19(2,3)11-8-12-20(22,4)5/h6-7,9-10,13H,8,11-12H2,1-5H3/b16-13+. The smallest absolute Gasteiger partial charge is 0.360 e. The molecular weight excluding hydrogens is 338 g/mol. The molecule has 1 heterocycles. The van der Waals surface area contributed by atoms with Crippen LogP contribution in [0.2, 0.25) is 5.02 Å². The second-order valence-corrected chi connectivity index (χ2v) is 8.19. The molecule has 1 aromatic carbocycles. The second kappa shape index (κ2) is 7.30. The van der Waals surface area contributed by atoms with Gasteiger partial charge in [-0.1, -0.05) is 29.8 Å². The Bertz CT molecular complexity index is 691. The van der Waals surface area contributed by atoms with E-state index in [0.29, 0.717) is 10.6 Å². The predicted molar refractivity (Wildman–Crippen MR) is 100 cm³/mol. The number of ketones is 1. The van der Waals surface area contributed by atoms with Crippen LogP contribution in [0, 0.1) is 0 Å². The van der Waals surface area contributed by atoms with Crippen molar-refractivity contribution in [1.29, 1.82) is 0 Å². The zero-order chi connectivity index (χ0) is 18.8. The Balaban J connectivity index is 2.32. The van der Waals surface area contributed by atoms with E-state index < -0.39 is 5.97 Å². The molecule has 1 aromatic rings. The Morgan fingerprint density at radius 2 is 1.68 bits per heavy atom. The summed E-state index contributed by atoms with van der Waals surface area (Å²) in [4.78, 5) is 30.5. The number of piperidine rings is 1. The molecule has 0 aliphatic carbocycles. The summed E-state index contributed by atoms with van der Waals surface area (Å²) in [5.41, 5.74) is 0.0293. The highest BCUT2D eigenvalue weighted by Crippen LogP contribution is 2.38. The molecule has 2 rings (SSSR count). The molecule has 25 heavy (non-hydrogen) atoms. The van der Waals surface area contributed by atoms with Gasteiger partial charge >= 0.3 is 5.97 Å². The topological polar surface area (TPSA) is 46.6 Å². The lowest BCUT2D eigenvalue weighted by Crippen LogP contribution is -2.59. The van der Waals surface area contributed by atoms with Gasteiger partial charge in [0.05, 0.1) is 11.1 Å². The van der Waals surface area contributed by atoms with Crippen molar-refractivity contribution in [3.8, 4) is 0 Å². The number of carbonyl (C=O) groups is 2. The van der Waals surface area contributed by atoms with Gasteiger partial charge in [0.1, 0.15) is 5.57 Å². The van der Waals surface area contributed by atoms with Crippen LogP contribution >= 0.6 is 11.6 Å². The van der Waals surface area contributed by atoms with Crippen molar-refractivity contribution in [1.82, 2.24) is 5.06 Å². The van der Waals surface area contributed by atoms with Crippen LogP contribution in [-0.2, 0) is 14.4 Å². The number of nitrogens with zero attached hydrogens (tertiary/aromatic N) is 1. The van der Waals surface area contributed by atoms with E-state index in [4.69, 9.17) is 16.4 Å². The minimum absolute atomic E-state index is 0.00901. The summed E-state index contributed by atoms with van der Waals surface area (Å²) in [7, 11) is 0. The Kier molecular flexibility index (Phi) is 5.75. The fraction of sp³-hybridized carbons (Fsp3) is 0.500. The Morgan fingerprint density at radius 3 is 2.20 bits per heavy atom. The first-order valence-corrected chi connectivity index (χ1v) is 8.92. The number of carbonyl (C=O) groups excluding carboxylic acids is 2. The summed E-state index contributed by atoms with van der Waals surface area (Å²) < 4.78 is 0. The molecule has 0 N–H and O–H groups in total. The molecule has 1 aliphatic heterocycles. The molecule has 1 aliphatic rings. The molecule has 0 unspecified atom stereocenters. The largest absolute Gasteiger partial charge is 0.363 e. The predicted octanol–water partition coefficient (Wildman–Crippen LogP) is 4.81. The van der Waals surface area contributed by atoms with Crippen LogP contribution in [0.15, 0.2) is 29.8 Å². The van der Waals surface area contributed by atoms with Gasteiger partial charge in [-0.2, -0.15) is 0 Å². The van der Waals surface area contributed by atoms with Gasteiger partial charge in [-0.15, -0.1) is 5.06 Å². The summed E-state index contributed by atoms with van der Waals surface area (Å²) >= 11 is 6.14. The Hall–Kier alpha value is -1.65. The van der Waals surface area contributed by atoms with E-state index in [2.05, 4.69) is 0 Å². The maximum atomic E-state index is 12.7. The van der Waals surface area contributed by atoms with Gasteiger partial charge in [0.25, 0.3) is 0 Å². The number of halogens is 1. The van der Waals surface area contributed by atoms with E-state index in [1.807, 2.05) is 27.7 Å². The lowest BCUT2D eigenvalue weighted by Gasteiger charge is -2.50. The molecule has 0 bridgehead atoms. The van der Waals surface area contributed by atoms with Gasteiger partial charge in [-0.05, 0) is 71.6 Å². The molecule has 0 saturated carbocycles. The van der Waals surface area contributed by atoms with Gasteiger partial charge in [-0.25, -0.2) is 4.79 Å². The van der Waals surface area contributed by atoms with Crippen molar-refractivity contribution in [2.75, 3.05) is 0 Å². The third-order valence-corrected chi connectivity index (χ3v) is 5.00. The lowest BCUT2D eigenvalue weighted by atomic mass is 9.82. The Morgan fingerprint density at radius 1 is 1.12 bits per heavy atom. The highest BCUT2D eigenvalue weighted by atomic mass is 35.5. The minimum atomic E-state index is -0.643. The molecule has 0 atom stereocenters. The van der Waals surface area contributed by atoms with E-state index in [1.165, 1.54) is 13.0 Å². The van der Waals surface area contributed by atoms with Crippen molar-refractivity contribution in [3.05, 3.63) is 40.4 Å². The number of hydrogen-bond donors (Lipinski definition) is 0. The molecular formula is C20H26ClNO3. The number of hydrogen-bond acceptors (Lipinski definition) is 4. The van der Waals surface area contributed by atoms with Gasteiger partial charge < -0.3 is 4.84 Å². The SMILES string of the molecule is CC(=O)/C(=C\c1ccccc1Cl)C(=O)ON1C(C)(C)CCCC1(C)C. The monoisotopic (exact) mass is 363 g/mol. The van der Waals surface area contributed by atoms with Crippen LogP contribution in [-0.4, -0.2) is 27.9 Å². The maximum absolute atomic E-state index is 12.7. The van der Waals surface area contributed by atoms with Crippen LogP contribution in [0.4, 0.5) is 0 Å². The van der Waals surface area contributed by atoms with Gasteiger partial charge in [-0.3, -0.25) is 4.79 Å². The summed E-state index contributed by atoms with van der Waals surface area (Å²) in [6.45, 7) is 9.55. The molecule has 136 valence electrons. The van der Waals surface area contributed by atoms with Crippen molar-refractivity contribution in [2.24, 2.45) is 0 Å². The first-order valence-electron chi connectivity index (χ1n) is 8.54. The molecule has 1 saturated heterocycles. The lowest BCUT2D eigenvalue weighted by molar-refractivity contribution is -0.262. The van der Waals surface area contributed by atoms with Crippen LogP contribution in [0.1, 0.15) is 59.4 Å². The van der Waals surface area contributed by atoms with Crippen molar-refractivity contribution in [3.63, 3.8) is 0 Å². The quantitative estimate of drug-likeness (QED) is 0.437. The van der Waals surface area contributed by atoms with Crippen molar-refractivity contribution >= 4 is 29.4 Å². The molecule has 0 spiro atoms. The van der Waals surface area contributed by atoms with Crippen LogP contribution < -0.4 is 0 Å². The van der Waals surface area contributed by atoms with Crippen LogP contribution in [0.25, 0.3) is 6.08 Å². The zero-order valence-electron chi connectivity index (χ0n) is 15.6. The summed E-state index contributed by atoms with van der Waals surface area (Å²) in [5, 5.41) is 2.22. The van der Waals surface area contributed by atoms with Crippen molar-refractivity contribution in [2.45, 2.75) is 65.0 Å². The number of benzene rings is 1. The van der Waals surface area contributed by atoms with E-state index in [1.54, 1.807) is 29.3 Å². The van der Waals surface area contributed by atoms with Gasteiger partial charge in [0.15, 0.2) is 5.78 Å². The highest BCUT2D eigenvalue weighted by Gasteiger charge is 2.44. The normalized spacial score (nSPS) is 20.2. The average molecular weight is 364 g/mol. The van der Waals surface area contributed by atoms with Gasteiger partial charge in [0, 0.05) is 5.02 Å². The van der Waals surface area contributed by atoms with Crippen molar-refractivity contribution < 1.29 is 14.4 Å². The molecule has 1 fully saturated rings. The number of rotatable bonds is 4. The molecule has 4 nitrogen and oxygen atoms in total. The van der Waals surface area contributed by atoms with Crippen LogP contribution in [0.3, 0.4) is 0 Å². The molecule has 0 amide bonds. The first-order chi connectivity index (χ1) is 11.5. The number of Topliss-reactive ketones (excluding diaryl/α,β-unsaturated/α-hetero) is 1. The van der Waals surface area contributed by atoms with E-state index in [-0.39, 0.29) is 22.4 Å². The third kappa shape index (κ3) is 4.50. The van der Waals surface area contributed by atoms with E-state index in [0.717, 1.165) is 19.3 Å². The highest BCUT2D eigenvalue weighted by molar-refractivity contribution is 6.32. The molecule has 0 radical (unpaired) electrons. The third-order valence-electron chi connectivity index (χ3n) is 4.66. The molecule has 5 heteroatoms. The van der Waals surface area contributed by atoms with Gasteiger partial charge in [0.2, 0.25) is 0 Å². The molecule has 0 aromatic heterocycles. The summed E-state index contributed by atoms with van der Waals surface area (Å²) in [6, 6.07) is 7.07. The second-order valence-electron chi connectivity index (χ2n) is 7.79. The van der Waals surface area contributed by atoms with E-state index >= 15 is 0 Å².